The summed E-state index contributed by atoms with van der Waals surface area (Å²) in [5.41, 5.74) is 2.98. The van der Waals surface area contributed by atoms with Gasteiger partial charge in [0.1, 0.15) is 11.8 Å². The molecule has 27 heavy (non-hydrogen) atoms. The number of carbonyl (C=O) groups is 1. The summed E-state index contributed by atoms with van der Waals surface area (Å²) < 4.78 is 23.4. The number of amides is 1. The Bertz CT molecular complexity index is 782. The van der Waals surface area contributed by atoms with E-state index in [9.17, 15) is 13.2 Å². The third-order valence-corrected chi connectivity index (χ3v) is 8.06. The number of aryl methyl sites for hydroxylation is 2. The van der Waals surface area contributed by atoms with Crippen LogP contribution < -0.4 is 4.90 Å². The standard InChI is InChI=1S/C18H28N4O3S2/c1-13-16(14(2)20-18(19-13)26-3)4-5-17(23)22-9-7-21(8-10-22)15-6-11-27(24,25)12-15/h15H,4-12H2,1-3H3/p+1/t15-/m1/s1. The van der Waals surface area contributed by atoms with E-state index in [2.05, 4.69) is 9.97 Å². The highest BCUT2D eigenvalue weighted by Crippen LogP contribution is 2.17. The molecular formula is C18H29N4O3S2+. The Morgan fingerprint density at radius 1 is 1.22 bits per heavy atom. The highest BCUT2D eigenvalue weighted by molar-refractivity contribution is 7.98. The summed E-state index contributed by atoms with van der Waals surface area (Å²) in [6.45, 7) is 7.07. The second-order valence-corrected chi connectivity index (χ2v) is 10.5. The van der Waals surface area contributed by atoms with Crippen LogP contribution in [0.3, 0.4) is 0 Å². The van der Waals surface area contributed by atoms with Crippen LogP contribution in [0, 0.1) is 13.8 Å². The van der Waals surface area contributed by atoms with E-state index in [0.29, 0.717) is 37.4 Å². The van der Waals surface area contributed by atoms with E-state index < -0.39 is 9.84 Å². The number of rotatable bonds is 5. The highest BCUT2D eigenvalue weighted by atomic mass is 32.2. The zero-order chi connectivity index (χ0) is 19.6. The first-order valence-electron chi connectivity index (χ1n) is 9.50. The minimum absolute atomic E-state index is 0.167. The molecule has 1 atom stereocenters. The summed E-state index contributed by atoms with van der Waals surface area (Å²) >= 11 is 1.53. The number of carbonyl (C=O) groups excluding carboxylic acids is 1. The van der Waals surface area contributed by atoms with E-state index in [1.54, 1.807) is 0 Å². The summed E-state index contributed by atoms with van der Waals surface area (Å²) in [7, 11) is -2.84. The van der Waals surface area contributed by atoms with Crippen LogP contribution >= 0.6 is 11.8 Å². The van der Waals surface area contributed by atoms with Gasteiger partial charge in [-0.25, -0.2) is 18.4 Å². The lowest BCUT2D eigenvalue weighted by Gasteiger charge is -2.35. The minimum atomic E-state index is -2.84. The number of piperazine rings is 1. The molecule has 1 N–H and O–H groups in total. The number of nitrogens with one attached hydrogen (secondary N) is 1. The average molecular weight is 414 g/mol. The maximum Gasteiger partial charge on any atom is 0.223 e. The molecule has 3 rings (SSSR count). The number of sulfone groups is 1. The third-order valence-electron chi connectivity index (χ3n) is 5.74. The van der Waals surface area contributed by atoms with Crippen molar-refractivity contribution in [2.24, 2.45) is 0 Å². The van der Waals surface area contributed by atoms with Gasteiger partial charge in [0, 0.05) is 24.2 Å². The van der Waals surface area contributed by atoms with Gasteiger partial charge in [-0.3, -0.25) is 4.79 Å². The maximum absolute atomic E-state index is 12.6. The van der Waals surface area contributed by atoms with Crippen molar-refractivity contribution in [2.75, 3.05) is 43.9 Å². The Kier molecular flexibility index (Phi) is 6.43. The fourth-order valence-corrected chi connectivity index (χ4v) is 6.40. The van der Waals surface area contributed by atoms with Gasteiger partial charge in [0.05, 0.1) is 31.9 Å². The van der Waals surface area contributed by atoms with Crippen LogP contribution in [0.2, 0.25) is 0 Å². The molecule has 2 fully saturated rings. The predicted molar refractivity (Wildman–Crippen MR) is 106 cm³/mol. The van der Waals surface area contributed by atoms with Crippen LogP contribution in [0.4, 0.5) is 0 Å². The van der Waals surface area contributed by atoms with Crippen molar-refractivity contribution < 1.29 is 18.1 Å². The van der Waals surface area contributed by atoms with Crippen molar-refractivity contribution in [1.29, 1.82) is 0 Å². The second-order valence-electron chi connectivity index (χ2n) is 7.50. The lowest BCUT2D eigenvalue weighted by Crippen LogP contribution is -3.18. The van der Waals surface area contributed by atoms with Crippen LogP contribution in [0.15, 0.2) is 5.16 Å². The lowest BCUT2D eigenvalue weighted by atomic mass is 10.1. The molecule has 0 unspecified atom stereocenters. The summed E-state index contributed by atoms with van der Waals surface area (Å²) in [5, 5.41) is 0.771. The van der Waals surface area contributed by atoms with Gasteiger partial charge < -0.3 is 9.80 Å². The van der Waals surface area contributed by atoms with Gasteiger partial charge in [-0.15, -0.1) is 0 Å². The molecule has 2 saturated heterocycles. The van der Waals surface area contributed by atoms with Gasteiger partial charge in [0.25, 0.3) is 0 Å². The van der Waals surface area contributed by atoms with Crippen molar-refractivity contribution in [2.45, 2.75) is 44.3 Å². The molecule has 1 aromatic heterocycles. The Morgan fingerprint density at radius 2 is 1.85 bits per heavy atom. The van der Waals surface area contributed by atoms with Crippen LogP contribution in [0.5, 0.6) is 0 Å². The Hall–Kier alpha value is -1.19. The van der Waals surface area contributed by atoms with E-state index in [1.165, 1.54) is 16.7 Å². The Balaban J connectivity index is 1.50. The van der Waals surface area contributed by atoms with Crippen molar-refractivity contribution in [1.82, 2.24) is 14.9 Å². The quantitative estimate of drug-likeness (QED) is 0.525. The number of thioether (sulfide) groups is 1. The molecule has 0 spiro atoms. The van der Waals surface area contributed by atoms with Crippen LogP contribution in [-0.4, -0.2) is 79.2 Å². The van der Waals surface area contributed by atoms with E-state index >= 15 is 0 Å². The zero-order valence-electron chi connectivity index (χ0n) is 16.3. The average Bonchev–Trinajstić information content (AvgIpc) is 3.00. The van der Waals surface area contributed by atoms with Gasteiger partial charge in [-0.1, -0.05) is 11.8 Å². The zero-order valence-corrected chi connectivity index (χ0v) is 18.0. The van der Waals surface area contributed by atoms with Crippen molar-refractivity contribution >= 4 is 27.5 Å². The molecule has 0 bridgehead atoms. The van der Waals surface area contributed by atoms with E-state index in [0.717, 1.165) is 41.6 Å². The molecule has 150 valence electrons. The smallest absolute Gasteiger partial charge is 0.223 e. The number of nitrogens with zero attached hydrogens (tertiary/aromatic N) is 3. The first-order valence-corrected chi connectivity index (χ1v) is 12.5. The van der Waals surface area contributed by atoms with Crippen LogP contribution in [0.1, 0.15) is 29.8 Å². The summed E-state index contributed by atoms with van der Waals surface area (Å²) in [6.07, 6.45) is 3.85. The molecule has 0 aliphatic carbocycles. The fraction of sp³-hybridized carbons (Fsp3) is 0.722. The number of aromatic nitrogens is 2. The first-order chi connectivity index (χ1) is 12.8. The normalized spacial score (nSPS) is 22.9. The predicted octanol–water partition coefficient (Wildman–Crippen LogP) is -0.338. The molecule has 7 nitrogen and oxygen atoms in total. The number of quaternary nitrogens is 1. The Labute approximate surface area is 165 Å². The SMILES string of the molecule is CSc1nc(C)c(CCC(=O)N2CC[NH+]([C@@H]3CCS(=O)(=O)C3)CC2)c(C)n1. The van der Waals surface area contributed by atoms with Crippen molar-refractivity contribution in [3.63, 3.8) is 0 Å². The minimum Gasteiger partial charge on any atom is -0.331 e. The monoisotopic (exact) mass is 413 g/mol. The number of hydrogen-bond donors (Lipinski definition) is 1. The molecule has 0 radical (unpaired) electrons. The van der Waals surface area contributed by atoms with Crippen molar-refractivity contribution in [3.8, 4) is 0 Å². The van der Waals surface area contributed by atoms with Gasteiger partial charge >= 0.3 is 0 Å². The van der Waals surface area contributed by atoms with Crippen LogP contribution in [0.25, 0.3) is 0 Å². The third kappa shape index (κ3) is 5.00. The first kappa shape index (κ1) is 20.5. The summed E-state index contributed by atoms with van der Waals surface area (Å²) in [4.78, 5) is 24.9. The van der Waals surface area contributed by atoms with E-state index in [4.69, 9.17) is 0 Å². The molecule has 0 aromatic carbocycles. The van der Waals surface area contributed by atoms with Gasteiger partial charge in [0.2, 0.25) is 5.91 Å². The van der Waals surface area contributed by atoms with Crippen LogP contribution in [-0.2, 0) is 21.1 Å². The lowest BCUT2D eigenvalue weighted by molar-refractivity contribution is -0.925. The van der Waals surface area contributed by atoms with Crippen molar-refractivity contribution in [3.05, 3.63) is 17.0 Å². The topological polar surface area (TPSA) is 84.7 Å². The molecule has 1 aromatic rings. The largest absolute Gasteiger partial charge is 0.331 e. The fourth-order valence-electron chi connectivity index (χ4n) is 4.12. The summed E-state index contributed by atoms with van der Waals surface area (Å²) in [5.74, 6) is 0.793. The molecule has 2 aliphatic heterocycles. The molecule has 1 amide bonds. The maximum atomic E-state index is 12.6. The van der Waals surface area contributed by atoms with Gasteiger partial charge in [-0.05, 0) is 32.1 Å². The van der Waals surface area contributed by atoms with E-state index in [-0.39, 0.29) is 11.9 Å². The second kappa shape index (κ2) is 8.45. The van der Waals surface area contributed by atoms with Gasteiger partial charge in [-0.2, -0.15) is 0 Å². The summed E-state index contributed by atoms with van der Waals surface area (Å²) in [6, 6.07) is 0.213. The highest BCUT2D eigenvalue weighted by Gasteiger charge is 2.37. The Morgan fingerprint density at radius 3 is 2.37 bits per heavy atom. The molecular weight excluding hydrogens is 384 g/mol. The molecule has 0 saturated carbocycles. The molecule has 3 heterocycles. The number of hydrogen-bond acceptors (Lipinski definition) is 6. The molecule has 2 aliphatic rings. The molecule has 9 heteroatoms. The van der Waals surface area contributed by atoms with E-state index in [1.807, 2.05) is 25.0 Å². The van der Waals surface area contributed by atoms with Gasteiger partial charge in [0.15, 0.2) is 15.0 Å².